The van der Waals surface area contributed by atoms with Crippen LogP contribution in [0.15, 0.2) is 42.5 Å². The lowest BCUT2D eigenvalue weighted by atomic mass is 9.99. The quantitative estimate of drug-likeness (QED) is 0.461. The van der Waals surface area contributed by atoms with Crippen LogP contribution >= 0.6 is 0 Å². The lowest BCUT2D eigenvalue weighted by molar-refractivity contribution is -0.146. The summed E-state index contributed by atoms with van der Waals surface area (Å²) in [5.41, 5.74) is 3.21. The lowest BCUT2D eigenvalue weighted by Crippen LogP contribution is -2.20. The van der Waals surface area contributed by atoms with E-state index in [1.54, 1.807) is 12.1 Å². The summed E-state index contributed by atoms with van der Waals surface area (Å²) in [5, 5.41) is 3.28. The number of ketones is 1. The molecule has 2 aromatic rings. The molecule has 5 rings (SSSR count). The number of piperidine rings is 1. The fourth-order valence-electron chi connectivity index (χ4n) is 4.97. The van der Waals surface area contributed by atoms with Crippen LogP contribution in [0, 0.1) is 41.3 Å². The first-order chi connectivity index (χ1) is 15.1. The molecule has 0 amide bonds. The van der Waals surface area contributed by atoms with Crippen molar-refractivity contribution in [3.63, 3.8) is 0 Å². The molecular formula is C26H24FNO3. The Labute approximate surface area is 181 Å². The minimum Gasteiger partial charge on any atom is -0.465 e. The van der Waals surface area contributed by atoms with Gasteiger partial charge in [-0.05, 0) is 86.1 Å². The number of benzene rings is 2. The van der Waals surface area contributed by atoms with Crippen molar-refractivity contribution in [2.45, 2.75) is 19.3 Å². The first-order valence-corrected chi connectivity index (χ1v) is 10.9. The molecule has 2 fully saturated rings. The summed E-state index contributed by atoms with van der Waals surface area (Å²) < 4.78 is 18.7. The fourth-order valence-corrected chi connectivity index (χ4v) is 4.97. The highest BCUT2D eigenvalue weighted by atomic mass is 19.1. The Morgan fingerprint density at radius 2 is 1.87 bits per heavy atom. The van der Waals surface area contributed by atoms with E-state index in [2.05, 4.69) is 17.2 Å². The second-order valence-electron chi connectivity index (χ2n) is 8.72. The average Bonchev–Trinajstić information content (AvgIpc) is 3.09. The van der Waals surface area contributed by atoms with Crippen molar-refractivity contribution >= 4 is 11.8 Å². The van der Waals surface area contributed by atoms with Gasteiger partial charge in [-0.1, -0.05) is 17.9 Å². The number of ether oxygens (including phenoxy) is 1. The predicted molar refractivity (Wildman–Crippen MR) is 114 cm³/mol. The maximum absolute atomic E-state index is 13.3. The monoisotopic (exact) mass is 417 g/mol. The lowest BCUT2D eigenvalue weighted by Gasteiger charge is -2.09. The predicted octanol–water partition coefficient (Wildman–Crippen LogP) is 3.37. The largest absolute Gasteiger partial charge is 0.465 e. The molecule has 2 unspecified atom stereocenters. The van der Waals surface area contributed by atoms with Gasteiger partial charge in [0.15, 0.2) is 5.78 Å². The summed E-state index contributed by atoms with van der Waals surface area (Å²) in [4.78, 5) is 24.8. The van der Waals surface area contributed by atoms with Gasteiger partial charge in [-0.15, -0.1) is 0 Å². The summed E-state index contributed by atoms with van der Waals surface area (Å²) in [6, 6.07) is 11.8. The van der Waals surface area contributed by atoms with Crippen LogP contribution in [0.3, 0.4) is 0 Å². The minimum atomic E-state index is -0.308. The standard InChI is InChI=1S/C26H24FNO3/c27-20-5-1-3-16(12-20)6-7-17-8-9-21-19(11-17)13-18(25(21)29)4-2-10-31-26(30)24-22-14-28-15-23(22)24/h1,3,5,8-9,11-12,18,22-24,28H,2,4,10,13-15H2/t18?,22-,23+,24?. The van der Waals surface area contributed by atoms with Crippen molar-refractivity contribution in [2.24, 2.45) is 23.7 Å². The Morgan fingerprint density at radius 1 is 1.10 bits per heavy atom. The zero-order valence-electron chi connectivity index (χ0n) is 17.2. The van der Waals surface area contributed by atoms with Gasteiger partial charge < -0.3 is 10.1 Å². The SMILES string of the molecule is O=C1c2ccc(C#Cc3cccc(F)c3)cc2CC1CCCOC(=O)C1[C@H]2CNC[C@@H]12. The van der Waals surface area contributed by atoms with Crippen LogP contribution in [-0.2, 0) is 16.0 Å². The van der Waals surface area contributed by atoms with E-state index < -0.39 is 0 Å². The molecule has 4 nitrogen and oxygen atoms in total. The molecule has 2 aromatic carbocycles. The number of fused-ring (bicyclic) bond motifs is 2. The van der Waals surface area contributed by atoms with Gasteiger partial charge in [0.2, 0.25) is 0 Å². The number of hydrogen-bond acceptors (Lipinski definition) is 4. The Balaban J connectivity index is 1.13. The number of carbonyl (C=O) groups excluding carboxylic acids is 2. The van der Waals surface area contributed by atoms with Crippen molar-refractivity contribution in [1.82, 2.24) is 5.32 Å². The summed E-state index contributed by atoms with van der Waals surface area (Å²) >= 11 is 0. The Hall–Kier alpha value is -2.97. The van der Waals surface area contributed by atoms with Gasteiger partial charge in [0.25, 0.3) is 0 Å². The zero-order valence-corrected chi connectivity index (χ0v) is 17.2. The molecule has 0 radical (unpaired) electrons. The molecule has 3 aliphatic rings. The molecule has 31 heavy (non-hydrogen) atoms. The second-order valence-corrected chi connectivity index (χ2v) is 8.72. The van der Waals surface area contributed by atoms with E-state index in [9.17, 15) is 14.0 Å². The number of nitrogens with one attached hydrogen (secondary N) is 1. The van der Waals surface area contributed by atoms with E-state index in [0.717, 1.165) is 29.8 Å². The van der Waals surface area contributed by atoms with Crippen molar-refractivity contribution in [2.75, 3.05) is 19.7 Å². The van der Waals surface area contributed by atoms with Crippen LogP contribution in [0.4, 0.5) is 4.39 Å². The van der Waals surface area contributed by atoms with E-state index in [1.807, 2.05) is 18.2 Å². The van der Waals surface area contributed by atoms with Gasteiger partial charge in [-0.25, -0.2) is 4.39 Å². The highest BCUT2D eigenvalue weighted by Crippen LogP contribution is 2.49. The first kappa shape index (κ1) is 20.0. The van der Waals surface area contributed by atoms with Gasteiger partial charge in [0.1, 0.15) is 5.82 Å². The molecule has 158 valence electrons. The van der Waals surface area contributed by atoms with Gasteiger partial charge in [0, 0.05) is 22.6 Å². The maximum atomic E-state index is 13.3. The summed E-state index contributed by atoms with van der Waals surface area (Å²) in [5.74, 6) is 6.77. The summed E-state index contributed by atoms with van der Waals surface area (Å²) in [6.07, 6.45) is 2.10. The third-order valence-corrected chi connectivity index (χ3v) is 6.69. The van der Waals surface area contributed by atoms with Gasteiger partial charge in [-0.3, -0.25) is 9.59 Å². The van der Waals surface area contributed by atoms with E-state index in [0.29, 0.717) is 43.3 Å². The average molecular weight is 417 g/mol. The number of hydrogen-bond donors (Lipinski definition) is 1. The molecule has 0 spiro atoms. The second kappa shape index (κ2) is 8.28. The molecule has 5 heteroatoms. The van der Waals surface area contributed by atoms with Crippen LogP contribution in [0.25, 0.3) is 0 Å². The summed E-state index contributed by atoms with van der Waals surface area (Å²) in [6.45, 7) is 2.23. The molecule has 1 heterocycles. The van der Waals surface area contributed by atoms with Crippen molar-refractivity contribution in [1.29, 1.82) is 0 Å². The number of carbonyl (C=O) groups is 2. The molecule has 1 N–H and O–H groups in total. The smallest absolute Gasteiger partial charge is 0.309 e. The summed E-state index contributed by atoms with van der Waals surface area (Å²) in [7, 11) is 0. The molecule has 0 aromatic heterocycles. The highest BCUT2D eigenvalue weighted by Gasteiger charge is 2.57. The number of halogens is 1. The van der Waals surface area contributed by atoms with E-state index in [4.69, 9.17) is 4.74 Å². The molecule has 1 saturated carbocycles. The van der Waals surface area contributed by atoms with Crippen molar-refractivity contribution < 1.29 is 18.7 Å². The van der Waals surface area contributed by atoms with Gasteiger partial charge >= 0.3 is 5.97 Å². The zero-order chi connectivity index (χ0) is 21.4. The fraction of sp³-hybridized carbons (Fsp3) is 0.385. The van der Waals surface area contributed by atoms with Crippen LogP contribution in [0.2, 0.25) is 0 Å². The van der Waals surface area contributed by atoms with Crippen LogP contribution in [-0.4, -0.2) is 31.4 Å². The Kier molecular flexibility index (Phi) is 5.33. The molecule has 1 saturated heterocycles. The van der Waals surface area contributed by atoms with E-state index >= 15 is 0 Å². The number of Topliss-reactive ketones (excluding diaryl/α,β-unsaturated/α-hetero) is 1. The van der Waals surface area contributed by atoms with Gasteiger partial charge in [0.05, 0.1) is 12.5 Å². The molecule has 4 atom stereocenters. The third kappa shape index (κ3) is 4.13. The number of esters is 1. The van der Waals surface area contributed by atoms with Crippen LogP contribution in [0.1, 0.15) is 39.9 Å². The normalized spacial score (nSPS) is 25.4. The molecule has 1 aliphatic heterocycles. The van der Waals surface area contributed by atoms with Crippen LogP contribution in [0.5, 0.6) is 0 Å². The van der Waals surface area contributed by atoms with Crippen molar-refractivity contribution in [3.8, 4) is 11.8 Å². The minimum absolute atomic E-state index is 0.0652. The first-order valence-electron chi connectivity index (χ1n) is 10.9. The van der Waals surface area contributed by atoms with E-state index in [-0.39, 0.29) is 29.4 Å². The Morgan fingerprint density at radius 3 is 2.65 bits per heavy atom. The third-order valence-electron chi connectivity index (χ3n) is 6.69. The maximum Gasteiger partial charge on any atom is 0.309 e. The molecule has 0 bridgehead atoms. The number of rotatable bonds is 5. The topological polar surface area (TPSA) is 55.4 Å². The molecule has 2 aliphatic carbocycles. The van der Waals surface area contributed by atoms with Crippen LogP contribution < -0.4 is 5.32 Å². The van der Waals surface area contributed by atoms with Gasteiger partial charge in [-0.2, -0.15) is 0 Å². The molecular weight excluding hydrogens is 393 g/mol. The van der Waals surface area contributed by atoms with E-state index in [1.165, 1.54) is 12.1 Å². The van der Waals surface area contributed by atoms with Crippen molar-refractivity contribution in [3.05, 3.63) is 70.5 Å². The highest BCUT2D eigenvalue weighted by molar-refractivity contribution is 6.02. The Bertz CT molecular complexity index is 1090.